The van der Waals surface area contributed by atoms with Gasteiger partial charge in [0, 0.05) is 26.2 Å². The zero-order valence-electron chi connectivity index (χ0n) is 10.9. The van der Waals surface area contributed by atoms with E-state index in [0.717, 1.165) is 38.7 Å². The number of nitrogen functional groups attached to an aromatic ring is 1. The SMILES string of the molecule is CCN1CCC(N(C)c2nc(N)ncc2F)CC1. The fourth-order valence-corrected chi connectivity index (χ4v) is 2.41. The molecule has 5 nitrogen and oxygen atoms in total. The maximum atomic E-state index is 13.7. The summed E-state index contributed by atoms with van der Waals surface area (Å²) in [7, 11) is 1.87. The molecule has 18 heavy (non-hydrogen) atoms. The van der Waals surface area contributed by atoms with Crippen LogP contribution in [0, 0.1) is 5.82 Å². The van der Waals surface area contributed by atoms with Crippen LogP contribution in [0.4, 0.5) is 16.2 Å². The maximum absolute atomic E-state index is 13.7. The molecule has 0 atom stereocenters. The molecule has 1 saturated heterocycles. The molecule has 1 aromatic heterocycles. The van der Waals surface area contributed by atoms with Crippen molar-refractivity contribution in [1.82, 2.24) is 14.9 Å². The van der Waals surface area contributed by atoms with Crippen molar-refractivity contribution in [1.29, 1.82) is 0 Å². The summed E-state index contributed by atoms with van der Waals surface area (Å²) in [6.45, 7) is 5.33. The summed E-state index contributed by atoms with van der Waals surface area (Å²) in [6, 6.07) is 0.316. The molecule has 100 valence electrons. The summed E-state index contributed by atoms with van der Waals surface area (Å²) in [4.78, 5) is 11.9. The molecule has 0 unspecified atom stereocenters. The quantitative estimate of drug-likeness (QED) is 0.874. The van der Waals surface area contributed by atoms with Gasteiger partial charge in [0.15, 0.2) is 11.6 Å². The van der Waals surface area contributed by atoms with Crippen LogP contribution < -0.4 is 10.6 Å². The second-order valence-electron chi connectivity index (χ2n) is 4.68. The molecule has 0 aliphatic carbocycles. The third-order valence-corrected chi connectivity index (χ3v) is 3.63. The average Bonchev–Trinajstić information content (AvgIpc) is 2.41. The highest BCUT2D eigenvalue weighted by atomic mass is 19.1. The lowest BCUT2D eigenvalue weighted by Crippen LogP contribution is -2.43. The van der Waals surface area contributed by atoms with Crippen LogP contribution in [0.2, 0.25) is 0 Å². The first-order valence-corrected chi connectivity index (χ1v) is 6.35. The van der Waals surface area contributed by atoms with Crippen LogP contribution in [-0.4, -0.2) is 47.6 Å². The third-order valence-electron chi connectivity index (χ3n) is 3.63. The van der Waals surface area contributed by atoms with E-state index in [0.29, 0.717) is 11.9 Å². The molecular weight excluding hydrogens is 233 g/mol. The Labute approximate surface area is 107 Å². The van der Waals surface area contributed by atoms with Crippen molar-refractivity contribution in [2.75, 3.05) is 37.3 Å². The Kier molecular flexibility index (Phi) is 3.96. The van der Waals surface area contributed by atoms with E-state index in [9.17, 15) is 4.39 Å². The molecule has 1 aliphatic heterocycles. The first kappa shape index (κ1) is 13.0. The van der Waals surface area contributed by atoms with Crippen LogP contribution >= 0.6 is 0 Å². The first-order chi connectivity index (χ1) is 8.61. The normalized spacial score (nSPS) is 17.9. The zero-order valence-corrected chi connectivity index (χ0v) is 10.9. The highest BCUT2D eigenvalue weighted by molar-refractivity contribution is 5.42. The Morgan fingerprint density at radius 2 is 2.17 bits per heavy atom. The maximum Gasteiger partial charge on any atom is 0.222 e. The highest BCUT2D eigenvalue weighted by Crippen LogP contribution is 2.22. The molecule has 1 aromatic rings. The van der Waals surface area contributed by atoms with E-state index in [1.54, 1.807) is 0 Å². The van der Waals surface area contributed by atoms with Gasteiger partial charge in [-0.2, -0.15) is 4.98 Å². The van der Waals surface area contributed by atoms with E-state index in [2.05, 4.69) is 21.8 Å². The lowest BCUT2D eigenvalue weighted by atomic mass is 10.0. The molecule has 0 saturated carbocycles. The van der Waals surface area contributed by atoms with Crippen LogP contribution in [0.1, 0.15) is 19.8 Å². The number of piperidine rings is 1. The molecular formula is C12H20FN5. The molecule has 0 bridgehead atoms. The van der Waals surface area contributed by atoms with Gasteiger partial charge in [-0.15, -0.1) is 0 Å². The van der Waals surface area contributed by atoms with Crippen molar-refractivity contribution in [3.8, 4) is 0 Å². The Bertz CT molecular complexity index is 403. The van der Waals surface area contributed by atoms with Gasteiger partial charge in [0.1, 0.15) is 0 Å². The number of likely N-dealkylation sites (tertiary alicyclic amines) is 1. The standard InChI is InChI=1S/C12H20FN5/c1-3-18-6-4-9(5-7-18)17(2)11-10(13)8-15-12(14)16-11/h8-9H,3-7H2,1-2H3,(H2,14,15,16). The predicted octanol–water partition coefficient (Wildman–Crippen LogP) is 1.12. The smallest absolute Gasteiger partial charge is 0.222 e. The molecule has 2 rings (SSSR count). The van der Waals surface area contributed by atoms with Gasteiger partial charge >= 0.3 is 0 Å². The van der Waals surface area contributed by atoms with Crippen molar-refractivity contribution in [2.45, 2.75) is 25.8 Å². The number of nitrogens with two attached hydrogens (primary N) is 1. The van der Waals surface area contributed by atoms with E-state index in [1.165, 1.54) is 0 Å². The summed E-state index contributed by atoms with van der Waals surface area (Å²) in [5.74, 6) is 0.00585. The van der Waals surface area contributed by atoms with E-state index in [4.69, 9.17) is 5.73 Å². The number of nitrogens with zero attached hydrogens (tertiary/aromatic N) is 4. The molecule has 1 aliphatic rings. The number of hydrogen-bond donors (Lipinski definition) is 1. The molecule has 2 N–H and O–H groups in total. The van der Waals surface area contributed by atoms with Gasteiger partial charge in [-0.1, -0.05) is 6.92 Å². The third kappa shape index (κ3) is 2.69. The van der Waals surface area contributed by atoms with Gasteiger partial charge in [-0.25, -0.2) is 9.37 Å². The fraction of sp³-hybridized carbons (Fsp3) is 0.667. The van der Waals surface area contributed by atoms with Gasteiger partial charge in [0.2, 0.25) is 5.95 Å². The van der Waals surface area contributed by atoms with Crippen molar-refractivity contribution < 1.29 is 4.39 Å². The average molecular weight is 253 g/mol. The summed E-state index contributed by atoms with van der Waals surface area (Å²) in [5.41, 5.74) is 5.51. The highest BCUT2D eigenvalue weighted by Gasteiger charge is 2.24. The summed E-state index contributed by atoms with van der Waals surface area (Å²) < 4.78 is 13.7. The number of hydrogen-bond acceptors (Lipinski definition) is 5. The second-order valence-corrected chi connectivity index (χ2v) is 4.68. The Morgan fingerprint density at radius 3 is 2.78 bits per heavy atom. The summed E-state index contributed by atoms with van der Waals surface area (Å²) >= 11 is 0. The van der Waals surface area contributed by atoms with Crippen LogP contribution in [-0.2, 0) is 0 Å². The molecule has 6 heteroatoms. The van der Waals surface area contributed by atoms with Crippen molar-refractivity contribution in [2.24, 2.45) is 0 Å². The monoisotopic (exact) mass is 253 g/mol. The minimum atomic E-state index is -0.412. The van der Waals surface area contributed by atoms with E-state index >= 15 is 0 Å². The fourth-order valence-electron chi connectivity index (χ4n) is 2.41. The van der Waals surface area contributed by atoms with E-state index < -0.39 is 5.82 Å². The van der Waals surface area contributed by atoms with Crippen molar-refractivity contribution >= 4 is 11.8 Å². The summed E-state index contributed by atoms with van der Waals surface area (Å²) in [5, 5.41) is 0. The lowest BCUT2D eigenvalue weighted by molar-refractivity contribution is 0.220. The first-order valence-electron chi connectivity index (χ1n) is 6.35. The van der Waals surface area contributed by atoms with Crippen molar-refractivity contribution in [3.63, 3.8) is 0 Å². The Balaban J connectivity index is 2.07. The van der Waals surface area contributed by atoms with E-state index in [1.807, 2.05) is 11.9 Å². The number of halogens is 1. The van der Waals surface area contributed by atoms with Gasteiger partial charge in [0.05, 0.1) is 6.20 Å². The predicted molar refractivity (Wildman–Crippen MR) is 69.9 cm³/mol. The molecule has 1 fully saturated rings. The second kappa shape index (κ2) is 5.48. The number of anilines is 2. The Hall–Kier alpha value is -1.43. The molecule has 0 radical (unpaired) electrons. The topological polar surface area (TPSA) is 58.3 Å². The number of aromatic nitrogens is 2. The van der Waals surface area contributed by atoms with Crippen LogP contribution in [0.15, 0.2) is 6.20 Å². The van der Waals surface area contributed by atoms with Crippen LogP contribution in [0.25, 0.3) is 0 Å². The molecule has 0 amide bonds. The van der Waals surface area contributed by atoms with Gasteiger partial charge in [-0.3, -0.25) is 0 Å². The van der Waals surface area contributed by atoms with Gasteiger partial charge in [0.25, 0.3) is 0 Å². The summed E-state index contributed by atoms with van der Waals surface area (Å²) in [6.07, 6.45) is 3.18. The van der Waals surface area contributed by atoms with Crippen molar-refractivity contribution in [3.05, 3.63) is 12.0 Å². The minimum absolute atomic E-state index is 0.115. The van der Waals surface area contributed by atoms with Gasteiger partial charge in [-0.05, 0) is 19.4 Å². The zero-order chi connectivity index (χ0) is 13.1. The largest absolute Gasteiger partial charge is 0.368 e. The van der Waals surface area contributed by atoms with Crippen LogP contribution in [0.5, 0.6) is 0 Å². The van der Waals surface area contributed by atoms with E-state index in [-0.39, 0.29) is 5.95 Å². The van der Waals surface area contributed by atoms with Gasteiger partial charge < -0.3 is 15.5 Å². The number of rotatable bonds is 3. The lowest BCUT2D eigenvalue weighted by Gasteiger charge is -2.36. The molecule has 0 spiro atoms. The minimum Gasteiger partial charge on any atom is -0.368 e. The molecule has 2 heterocycles. The van der Waals surface area contributed by atoms with Crippen LogP contribution in [0.3, 0.4) is 0 Å². The molecule has 0 aromatic carbocycles. The Morgan fingerprint density at radius 1 is 1.50 bits per heavy atom.